The highest BCUT2D eigenvalue weighted by atomic mass is 16.4. The first kappa shape index (κ1) is 13.6. The predicted molar refractivity (Wildman–Crippen MR) is 69.2 cm³/mol. The summed E-state index contributed by atoms with van der Waals surface area (Å²) in [5.74, 6) is -0.997. The van der Waals surface area contributed by atoms with E-state index in [4.69, 9.17) is 5.11 Å². The number of nitrogens with one attached hydrogen (secondary N) is 3. The molecule has 2 heterocycles. The van der Waals surface area contributed by atoms with Crippen molar-refractivity contribution in [2.45, 2.75) is 13.0 Å². The highest BCUT2D eigenvalue weighted by molar-refractivity contribution is 5.88. The number of aliphatic carboxylic acids is 1. The van der Waals surface area contributed by atoms with Crippen LogP contribution in [0.3, 0.4) is 0 Å². The van der Waals surface area contributed by atoms with Crippen LogP contribution < -0.4 is 10.6 Å². The summed E-state index contributed by atoms with van der Waals surface area (Å²) < 4.78 is 1.22. The molecule has 0 saturated carbocycles. The van der Waals surface area contributed by atoms with Crippen LogP contribution in [-0.2, 0) is 17.8 Å². The van der Waals surface area contributed by atoms with Gasteiger partial charge in [0.25, 0.3) is 0 Å². The van der Waals surface area contributed by atoms with E-state index in [0.29, 0.717) is 18.7 Å². The molecule has 0 radical (unpaired) electrons. The second-order valence-electron chi connectivity index (χ2n) is 4.03. The minimum atomic E-state index is -0.997. The SMILES string of the molecule is O=C(O)Cn1cc(NC(=O)NCCc2cnc[nH]2)cn1. The normalized spacial score (nSPS) is 10.2. The van der Waals surface area contributed by atoms with Crippen molar-refractivity contribution in [2.75, 3.05) is 11.9 Å². The van der Waals surface area contributed by atoms with Crippen molar-refractivity contribution in [2.24, 2.45) is 0 Å². The molecule has 0 atom stereocenters. The number of nitrogens with zero attached hydrogens (tertiary/aromatic N) is 3. The summed E-state index contributed by atoms with van der Waals surface area (Å²) in [6, 6.07) is -0.376. The average molecular weight is 278 g/mol. The summed E-state index contributed by atoms with van der Waals surface area (Å²) in [5.41, 5.74) is 1.37. The molecule has 2 aromatic heterocycles. The number of amides is 2. The predicted octanol–water partition coefficient (Wildman–Crippen LogP) is 0.0550. The van der Waals surface area contributed by atoms with Crippen molar-refractivity contribution in [3.8, 4) is 0 Å². The van der Waals surface area contributed by atoms with E-state index in [9.17, 15) is 9.59 Å². The zero-order chi connectivity index (χ0) is 14.4. The van der Waals surface area contributed by atoms with Gasteiger partial charge < -0.3 is 20.7 Å². The maximum absolute atomic E-state index is 11.6. The molecule has 0 bridgehead atoms. The Morgan fingerprint density at radius 2 is 2.25 bits per heavy atom. The Kier molecular flexibility index (Phi) is 4.32. The van der Waals surface area contributed by atoms with E-state index in [-0.39, 0.29) is 12.6 Å². The van der Waals surface area contributed by atoms with E-state index in [1.807, 2.05) is 0 Å². The molecule has 2 rings (SSSR count). The third-order valence-electron chi connectivity index (χ3n) is 2.42. The fourth-order valence-electron chi connectivity index (χ4n) is 1.56. The number of carbonyl (C=O) groups is 2. The summed E-state index contributed by atoms with van der Waals surface area (Å²) in [5, 5.41) is 17.6. The lowest BCUT2D eigenvalue weighted by atomic mass is 10.3. The Morgan fingerprint density at radius 3 is 2.95 bits per heavy atom. The Labute approximate surface area is 114 Å². The monoisotopic (exact) mass is 278 g/mol. The molecule has 0 aliphatic rings. The smallest absolute Gasteiger partial charge is 0.325 e. The molecule has 9 heteroatoms. The first-order valence-corrected chi connectivity index (χ1v) is 5.90. The number of imidazole rings is 1. The summed E-state index contributed by atoms with van der Waals surface area (Å²) in [6.45, 7) is 0.209. The van der Waals surface area contributed by atoms with Crippen molar-refractivity contribution in [3.05, 3.63) is 30.6 Å². The molecule has 0 aromatic carbocycles. The summed E-state index contributed by atoms with van der Waals surface area (Å²) in [4.78, 5) is 28.9. The van der Waals surface area contributed by atoms with Crippen LogP contribution in [-0.4, -0.2) is 43.4 Å². The fraction of sp³-hybridized carbons (Fsp3) is 0.273. The fourth-order valence-corrected chi connectivity index (χ4v) is 1.56. The molecular formula is C11H14N6O3. The Balaban J connectivity index is 1.73. The van der Waals surface area contributed by atoms with Gasteiger partial charge in [0.2, 0.25) is 0 Å². The van der Waals surface area contributed by atoms with Gasteiger partial charge in [0, 0.05) is 31.1 Å². The van der Waals surface area contributed by atoms with E-state index in [1.54, 1.807) is 12.5 Å². The zero-order valence-corrected chi connectivity index (χ0v) is 10.5. The van der Waals surface area contributed by atoms with Crippen molar-refractivity contribution in [3.63, 3.8) is 0 Å². The number of anilines is 1. The number of rotatable bonds is 6. The lowest BCUT2D eigenvalue weighted by Crippen LogP contribution is -2.30. The van der Waals surface area contributed by atoms with Crippen LogP contribution >= 0.6 is 0 Å². The minimum absolute atomic E-state index is 0.247. The van der Waals surface area contributed by atoms with Crippen LogP contribution in [0.15, 0.2) is 24.9 Å². The molecule has 0 fully saturated rings. The Morgan fingerprint density at radius 1 is 1.40 bits per heavy atom. The van der Waals surface area contributed by atoms with Crippen LogP contribution in [0.2, 0.25) is 0 Å². The van der Waals surface area contributed by atoms with Gasteiger partial charge in [-0.15, -0.1) is 0 Å². The molecule has 0 unspecified atom stereocenters. The number of carboxylic acids is 1. The van der Waals surface area contributed by atoms with Crippen LogP contribution in [0.5, 0.6) is 0 Å². The van der Waals surface area contributed by atoms with Crippen molar-refractivity contribution >= 4 is 17.7 Å². The van der Waals surface area contributed by atoms with Crippen LogP contribution in [0.1, 0.15) is 5.69 Å². The van der Waals surface area contributed by atoms with Gasteiger partial charge >= 0.3 is 12.0 Å². The zero-order valence-electron chi connectivity index (χ0n) is 10.5. The van der Waals surface area contributed by atoms with Gasteiger partial charge in [-0.25, -0.2) is 9.78 Å². The number of carbonyl (C=O) groups excluding carboxylic acids is 1. The standard InChI is InChI=1S/C11H14N6O3/c18-10(19)6-17-5-9(4-15-17)16-11(20)13-2-1-8-3-12-7-14-8/h3-5,7H,1-2,6H2,(H,12,14)(H,18,19)(H2,13,16,20). The van der Waals surface area contributed by atoms with Crippen LogP contribution in [0, 0.1) is 0 Å². The van der Waals surface area contributed by atoms with Gasteiger partial charge in [-0.05, 0) is 0 Å². The molecule has 106 valence electrons. The number of hydrogen-bond donors (Lipinski definition) is 4. The van der Waals surface area contributed by atoms with Gasteiger partial charge in [0.1, 0.15) is 6.54 Å². The number of hydrogen-bond acceptors (Lipinski definition) is 4. The summed E-state index contributed by atoms with van der Waals surface area (Å²) in [6.07, 6.45) is 6.74. The third-order valence-corrected chi connectivity index (χ3v) is 2.42. The molecular weight excluding hydrogens is 264 g/mol. The average Bonchev–Trinajstić information content (AvgIpc) is 3.00. The molecule has 0 aliphatic heterocycles. The van der Waals surface area contributed by atoms with E-state index < -0.39 is 5.97 Å². The largest absolute Gasteiger partial charge is 0.480 e. The number of H-pyrrole nitrogens is 1. The first-order valence-electron chi connectivity index (χ1n) is 5.90. The quantitative estimate of drug-likeness (QED) is 0.594. The highest BCUT2D eigenvalue weighted by Gasteiger charge is 2.05. The van der Waals surface area contributed by atoms with Gasteiger partial charge in [-0.3, -0.25) is 9.48 Å². The Bertz CT molecular complexity index is 577. The molecule has 0 spiro atoms. The van der Waals surface area contributed by atoms with Gasteiger partial charge in [-0.1, -0.05) is 0 Å². The molecule has 2 aromatic rings. The van der Waals surface area contributed by atoms with Gasteiger partial charge in [0.05, 0.1) is 18.2 Å². The van der Waals surface area contributed by atoms with E-state index in [1.165, 1.54) is 17.1 Å². The van der Waals surface area contributed by atoms with E-state index in [0.717, 1.165) is 5.69 Å². The van der Waals surface area contributed by atoms with Gasteiger partial charge in [0.15, 0.2) is 0 Å². The third kappa shape index (κ3) is 4.12. The summed E-state index contributed by atoms with van der Waals surface area (Å²) >= 11 is 0. The number of carboxylic acid groups (broad SMARTS) is 1. The van der Waals surface area contributed by atoms with Crippen LogP contribution in [0.25, 0.3) is 0 Å². The lowest BCUT2D eigenvalue weighted by molar-refractivity contribution is -0.137. The number of aromatic nitrogens is 4. The van der Waals surface area contributed by atoms with Crippen molar-refractivity contribution < 1.29 is 14.7 Å². The summed E-state index contributed by atoms with van der Waals surface area (Å²) in [7, 11) is 0. The maximum Gasteiger partial charge on any atom is 0.325 e. The maximum atomic E-state index is 11.6. The number of urea groups is 1. The minimum Gasteiger partial charge on any atom is -0.480 e. The Hall–Kier alpha value is -2.84. The van der Waals surface area contributed by atoms with Crippen LogP contribution in [0.4, 0.5) is 10.5 Å². The highest BCUT2D eigenvalue weighted by Crippen LogP contribution is 2.04. The van der Waals surface area contributed by atoms with Crippen molar-refractivity contribution in [1.29, 1.82) is 0 Å². The molecule has 0 saturated heterocycles. The molecule has 0 aliphatic carbocycles. The second-order valence-corrected chi connectivity index (χ2v) is 4.03. The van der Waals surface area contributed by atoms with E-state index in [2.05, 4.69) is 25.7 Å². The molecule has 4 N–H and O–H groups in total. The number of aromatic amines is 1. The molecule has 20 heavy (non-hydrogen) atoms. The first-order chi connectivity index (χ1) is 9.63. The van der Waals surface area contributed by atoms with E-state index >= 15 is 0 Å². The molecule has 2 amide bonds. The lowest BCUT2D eigenvalue weighted by Gasteiger charge is -2.04. The van der Waals surface area contributed by atoms with Gasteiger partial charge in [-0.2, -0.15) is 5.10 Å². The second kappa shape index (κ2) is 6.36. The van der Waals surface area contributed by atoms with Crippen molar-refractivity contribution in [1.82, 2.24) is 25.1 Å². The topological polar surface area (TPSA) is 125 Å². The molecule has 9 nitrogen and oxygen atoms in total.